The van der Waals surface area contributed by atoms with E-state index in [2.05, 4.69) is 4.72 Å². The molecular weight excluding hydrogens is 212 g/mol. The number of unbranched alkanes of at least 4 members (excludes halogenated alkanes) is 3. The molecule has 0 atom stereocenters. The van der Waals surface area contributed by atoms with Crippen LogP contribution in [0.4, 0.5) is 0 Å². The predicted octanol–water partition coefficient (Wildman–Crippen LogP) is 0.835. The molecule has 1 aliphatic carbocycles. The Morgan fingerprint density at radius 3 is 2.40 bits per heavy atom. The monoisotopic (exact) mass is 234 g/mol. The summed E-state index contributed by atoms with van der Waals surface area (Å²) < 4.78 is 25.5. The number of nitrogens with one attached hydrogen (secondary N) is 1. The summed E-state index contributed by atoms with van der Waals surface area (Å²) in [6.07, 6.45) is 6.28. The highest BCUT2D eigenvalue weighted by Gasteiger charge is 2.27. The van der Waals surface area contributed by atoms with Crippen molar-refractivity contribution in [3.8, 4) is 0 Å². The Morgan fingerprint density at radius 2 is 1.80 bits per heavy atom. The molecule has 0 amide bonds. The average molecular weight is 234 g/mol. The van der Waals surface area contributed by atoms with Gasteiger partial charge < -0.3 is 5.73 Å². The largest absolute Gasteiger partial charge is 0.330 e. The van der Waals surface area contributed by atoms with Gasteiger partial charge in [-0.2, -0.15) is 0 Å². The molecule has 1 fully saturated rings. The van der Waals surface area contributed by atoms with Crippen LogP contribution in [-0.4, -0.2) is 27.3 Å². The van der Waals surface area contributed by atoms with Crippen LogP contribution in [0.5, 0.6) is 0 Å². The molecule has 0 heterocycles. The topological polar surface area (TPSA) is 72.2 Å². The number of hydrogen-bond donors (Lipinski definition) is 2. The first-order valence-electron chi connectivity index (χ1n) is 5.81. The zero-order valence-electron chi connectivity index (χ0n) is 9.24. The second-order valence-corrected chi connectivity index (χ2v) is 6.17. The van der Waals surface area contributed by atoms with Gasteiger partial charge in [0.05, 0.1) is 5.75 Å². The minimum atomic E-state index is -2.99. The molecule has 1 rings (SSSR count). The van der Waals surface area contributed by atoms with E-state index in [1.807, 2.05) is 0 Å². The van der Waals surface area contributed by atoms with Crippen LogP contribution in [-0.2, 0) is 10.0 Å². The minimum absolute atomic E-state index is 0.329. The van der Waals surface area contributed by atoms with Crippen LogP contribution >= 0.6 is 0 Å². The Bertz CT molecular complexity index is 261. The molecule has 90 valence electrons. The van der Waals surface area contributed by atoms with E-state index in [4.69, 9.17) is 5.73 Å². The molecule has 1 saturated carbocycles. The molecule has 3 N–H and O–H groups in total. The highest BCUT2D eigenvalue weighted by Crippen LogP contribution is 2.29. The van der Waals surface area contributed by atoms with Crippen molar-refractivity contribution >= 4 is 10.0 Å². The van der Waals surface area contributed by atoms with E-state index in [1.165, 1.54) is 0 Å². The van der Waals surface area contributed by atoms with Crippen molar-refractivity contribution < 1.29 is 8.42 Å². The Morgan fingerprint density at radius 1 is 1.13 bits per heavy atom. The first-order valence-corrected chi connectivity index (χ1v) is 7.46. The molecule has 1 aliphatic rings. The molecule has 0 radical (unpaired) electrons. The predicted molar refractivity (Wildman–Crippen MR) is 62.0 cm³/mol. The molecule has 4 nitrogen and oxygen atoms in total. The molecule has 0 aromatic rings. The van der Waals surface area contributed by atoms with E-state index in [0.29, 0.717) is 18.2 Å². The maximum Gasteiger partial charge on any atom is 0.211 e. The summed E-state index contributed by atoms with van der Waals surface area (Å²) in [6.45, 7) is 1.31. The fourth-order valence-corrected chi connectivity index (χ4v) is 3.03. The molecule has 0 bridgehead atoms. The summed E-state index contributed by atoms with van der Waals surface area (Å²) in [7, 11) is -2.99. The highest BCUT2D eigenvalue weighted by atomic mass is 32.2. The molecule has 0 aliphatic heterocycles. The van der Waals surface area contributed by atoms with Gasteiger partial charge in [-0.25, -0.2) is 13.1 Å². The molecule has 15 heavy (non-hydrogen) atoms. The van der Waals surface area contributed by atoms with Crippen LogP contribution in [0.1, 0.15) is 38.5 Å². The van der Waals surface area contributed by atoms with Gasteiger partial charge in [0.1, 0.15) is 0 Å². The van der Waals surface area contributed by atoms with Crippen molar-refractivity contribution in [3.63, 3.8) is 0 Å². The smallest absolute Gasteiger partial charge is 0.211 e. The summed E-state index contributed by atoms with van der Waals surface area (Å²) >= 11 is 0. The van der Waals surface area contributed by atoms with Gasteiger partial charge in [0, 0.05) is 6.54 Å². The van der Waals surface area contributed by atoms with Gasteiger partial charge in [-0.3, -0.25) is 0 Å². The van der Waals surface area contributed by atoms with Gasteiger partial charge in [0.25, 0.3) is 0 Å². The Balaban J connectivity index is 1.98. The van der Waals surface area contributed by atoms with Crippen LogP contribution in [0.15, 0.2) is 0 Å². The SMILES string of the molecule is NCCCCCCNS(=O)(=O)CC1CC1. The lowest BCUT2D eigenvalue weighted by Crippen LogP contribution is -2.28. The molecule has 0 saturated heterocycles. The lowest BCUT2D eigenvalue weighted by molar-refractivity contribution is 0.569. The van der Waals surface area contributed by atoms with E-state index in [0.717, 1.165) is 45.1 Å². The molecule has 0 unspecified atom stereocenters. The van der Waals surface area contributed by atoms with Crippen LogP contribution < -0.4 is 10.5 Å². The van der Waals surface area contributed by atoms with Crippen molar-refractivity contribution in [1.82, 2.24) is 4.72 Å². The van der Waals surface area contributed by atoms with Gasteiger partial charge in [-0.15, -0.1) is 0 Å². The summed E-state index contributed by atoms with van der Waals surface area (Å²) in [4.78, 5) is 0. The average Bonchev–Trinajstić information content (AvgIpc) is 2.94. The van der Waals surface area contributed by atoms with E-state index in [-0.39, 0.29) is 0 Å². The third kappa shape index (κ3) is 6.87. The van der Waals surface area contributed by atoms with Gasteiger partial charge in [-0.1, -0.05) is 12.8 Å². The zero-order valence-corrected chi connectivity index (χ0v) is 10.1. The first-order chi connectivity index (χ1) is 7.14. The molecule has 0 aromatic carbocycles. The van der Waals surface area contributed by atoms with Crippen LogP contribution in [0, 0.1) is 5.92 Å². The third-order valence-electron chi connectivity index (χ3n) is 2.60. The molecular formula is C10H22N2O2S. The van der Waals surface area contributed by atoms with Crippen molar-refractivity contribution in [2.45, 2.75) is 38.5 Å². The van der Waals surface area contributed by atoms with Gasteiger partial charge in [0.2, 0.25) is 10.0 Å². The summed E-state index contributed by atoms with van der Waals surface area (Å²) in [5.74, 6) is 0.759. The van der Waals surface area contributed by atoms with E-state index in [1.54, 1.807) is 0 Å². The number of hydrogen-bond acceptors (Lipinski definition) is 3. The van der Waals surface area contributed by atoms with Crippen LogP contribution in [0.2, 0.25) is 0 Å². The quantitative estimate of drug-likeness (QED) is 0.581. The summed E-state index contributed by atoms with van der Waals surface area (Å²) in [5.41, 5.74) is 5.36. The van der Waals surface area contributed by atoms with E-state index < -0.39 is 10.0 Å². The normalized spacial score (nSPS) is 16.9. The second kappa shape index (κ2) is 6.45. The lowest BCUT2D eigenvalue weighted by Gasteiger charge is -2.05. The molecule has 0 aromatic heterocycles. The Hall–Kier alpha value is -0.130. The van der Waals surface area contributed by atoms with Crippen molar-refractivity contribution in [1.29, 1.82) is 0 Å². The maximum atomic E-state index is 11.4. The summed E-state index contributed by atoms with van der Waals surface area (Å²) in [5, 5.41) is 0. The minimum Gasteiger partial charge on any atom is -0.330 e. The van der Waals surface area contributed by atoms with Crippen molar-refractivity contribution in [2.24, 2.45) is 11.7 Å². The fraction of sp³-hybridized carbons (Fsp3) is 1.00. The van der Waals surface area contributed by atoms with Gasteiger partial charge in [0.15, 0.2) is 0 Å². The standard InChI is InChI=1S/C10H22N2O2S/c11-7-3-1-2-4-8-12-15(13,14)9-10-5-6-10/h10,12H,1-9,11H2. The Kier molecular flexibility index (Phi) is 5.56. The number of sulfonamides is 1. The third-order valence-corrected chi connectivity index (χ3v) is 4.16. The maximum absolute atomic E-state index is 11.4. The van der Waals surface area contributed by atoms with E-state index >= 15 is 0 Å². The summed E-state index contributed by atoms with van der Waals surface area (Å²) in [6, 6.07) is 0. The number of rotatable bonds is 9. The second-order valence-electron chi connectivity index (χ2n) is 4.32. The first kappa shape index (κ1) is 12.9. The van der Waals surface area contributed by atoms with Crippen LogP contribution in [0.3, 0.4) is 0 Å². The van der Waals surface area contributed by atoms with Crippen molar-refractivity contribution in [3.05, 3.63) is 0 Å². The fourth-order valence-electron chi connectivity index (χ4n) is 1.50. The van der Waals surface area contributed by atoms with Crippen molar-refractivity contribution in [2.75, 3.05) is 18.8 Å². The molecule has 0 spiro atoms. The zero-order chi connectivity index (χ0) is 11.1. The Labute approximate surface area is 92.7 Å². The lowest BCUT2D eigenvalue weighted by atomic mass is 10.2. The van der Waals surface area contributed by atoms with Crippen LogP contribution in [0.25, 0.3) is 0 Å². The van der Waals surface area contributed by atoms with Gasteiger partial charge >= 0.3 is 0 Å². The number of nitrogens with two attached hydrogens (primary N) is 1. The van der Waals surface area contributed by atoms with E-state index in [9.17, 15) is 8.42 Å². The highest BCUT2D eigenvalue weighted by molar-refractivity contribution is 7.89. The molecule has 5 heteroatoms. The van der Waals surface area contributed by atoms with Gasteiger partial charge in [-0.05, 0) is 38.1 Å².